The van der Waals surface area contributed by atoms with Crippen molar-refractivity contribution in [2.45, 2.75) is 24.1 Å². The maximum atomic E-state index is 12.6. The molecule has 0 bridgehead atoms. The van der Waals surface area contributed by atoms with E-state index in [1.165, 1.54) is 15.6 Å². The SMILES string of the molecule is Cc1ccccc1[C@@H](C)NC(=O)CN1CCN(S(=O)(=O)c2cccs2)CC1. The fourth-order valence-corrected chi connectivity index (χ4v) is 5.87. The number of aryl methyl sites for hydroxylation is 1. The van der Waals surface area contributed by atoms with E-state index >= 15 is 0 Å². The van der Waals surface area contributed by atoms with Crippen molar-refractivity contribution in [3.8, 4) is 0 Å². The summed E-state index contributed by atoms with van der Waals surface area (Å²) < 4.78 is 27.0. The maximum absolute atomic E-state index is 12.6. The third-order valence-electron chi connectivity index (χ3n) is 4.82. The van der Waals surface area contributed by atoms with Gasteiger partial charge in [-0.2, -0.15) is 4.31 Å². The number of sulfonamides is 1. The van der Waals surface area contributed by atoms with Crippen molar-refractivity contribution in [3.63, 3.8) is 0 Å². The van der Waals surface area contributed by atoms with Crippen molar-refractivity contribution in [3.05, 3.63) is 52.9 Å². The zero-order valence-electron chi connectivity index (χ0n) is 15.6. The maximum Gasteiger partial charge on any atom is 0.252 e. The minimum absolute atomic E-state index is 0.0414. The first-order valence-corrected chi connectivity index (χ1v) is 11.3. The molecule has 2 heterocycles. The summed E-state index contributed by atoms with van der Waals surface area (Å²) in [5, 5.41) is 4.80. The molecular weight excluding hydrogens is 382 g/mol. The number of carbonyl (C=O) groups excluding carboxylic acids is 1. The second-order valence-electron chi connectivity index (χ2n) is 6.76. The average molecular weight is 408 g/mol. The third kappa shape index (κ3) is 4.76. The number of amides is 1. The topological polar surface area (TPSA) is 69.7 Å². The van der Waals surface area contributed by atoms with Crippen LogP contribution in [0.4, 0.5) is 0 Å². The van der Waals surface area contributed by atoms with Crippen molar-refractivity contribution in [2.24, 2.45) is 0 Å². The van der Waals surface area contributed by atoms with E-state index in [0.29, 0.717) is 30.4 Å². The quantitative estimate of drug-likeness (QED) is 0.797. The van der Waals surface area contributed by atoms with Gasteiger partial charge < -0.3 is 5.32 Å². The second-order valence-corrected chi connectivity index (χ2v) is 9.87. The number of rotatable bonds is 6. The van der Waals surface area contributed by atoms with Gasteiger partial charge in [0, 0.05) is 26.2 Å². The van der Waals surface area contributed by atoms with Crippen LogP contribution in [0.1, 0.15) is 24.1 Å². The molecule has 146 valence electrons. The molecule has 27 heavy (non-hydrogen) atoms. The van der Waals surface area contributed by atoms with E-state index < -0.39 is 10.0 Å². The highest BCUT2D eigenvalue weighted by Crippen LogP contribution is 2.22. The Bertz CT molecular complexity index is 873. The average Bonchev–Trinajstić information content (AvgIpc) is 3.18. The number of hydrogen-bond acceptors (Lipinski definition) is 5. The summed E-state index contributed by atoms with van der Waals surface area (Å²) in [7, 11) is -3.41. The van der Waals surface area contributed by atoms with Crippen LogP contribution in [0.25, 0.3) is 0 Å². The van der Waals surface area contributed by atoms with E-state index in [1.807, 2.05) is 43.0 Å². The molecule has 8 heteroatoms. The van der Waals surface area contributed by atoms with Crippen molar-refractivity contribution < 1.29 is 13.2 Å². The molecular formula is C19H25N3O3S2. The smallest absolute Gasteiger partial charge is 0.252 e. The molecule has 1 amide bonds. The van der Waals surface area contributed by atoms with Gasteiger partial charge in [0.1, 0.15) is 4.21 Å². The molecule has 1 atom stereocenters. The molecule has 1 aliphatic rings. The van der Waals surface area contributed by atoms with E-state index in [2.05, 4.69) is 5.32 Å². The van der Waals surface area contributed by atoms with Crippen LogP contribution < -0.4 is 5.32 Å². The molecule has 3 rings (SSSR count). The summed E-state index contributed by atoms with van der Waals surface area (Å²) >= 11 is 1.23. The number of benzene rings is 1. The van der Waals surface area contributed by atoms with Gasteiger partial charge >= 0.3 is 0 Å². The van der Waals surface area contributed by atoms with Crippen LogP contribution in [0, 0.1) is 6.92 Å². The zero-order valence-corrected chi connectivity index (χ0v) is 17.2. The Morgan fingerprint density at radius 2 is 1.85 bits per heavy atom. The highest BCUT2D eigenvalue weighted by atomic mass is 32.2. The molecule has 0 saturated carbocycles. The molecule has 1 aromatic heterocycles. The number of hydrogen-bond donors (Lipinski definition) is 1. The number of thiophene rings is 1. The van der Waals surface area contributed by atoms with Gasteiger partial charge in [-0.15, -0.1) is 11.3 Å². The first-order chi connectivity index (χ1) is 12.9. The van der Waals surface area contributed by atoms with Crippen LogP contribution in [0.15, 0.2) is 46.0 Å². The number of piperazine rings is 1. The Kier molecular flexibility index (Phi) is 6.31. The van der Waals surface area contributed by atoms with Crippen LogP contribution in [-0.2, 0) is 14.8 Å². The highest BCUT2D eigenvalue weighted by molar-refractivity contribution is 7.91. The normalized spacial score (nSPS) is 17.6. The van der Waals surface area contributed by atoms with Crippen molar-refractivity contribution >= 4 is 27.3 Å². The van der Waals surface area contributed by atoms with Crippen LogP contribution in [0.3, 0.4) is 0 Å². The summed E-state index contributed by atoms with van der Waals surface area (Å²) in [5.74, 6) is -0.0414. The molecule has 0 radical (unpaired) electrons. The Morgan fingerprint density at radius 1 is 1.15 bits per heavy atom. The largest absolute Gasteiger partial charge is 0.348 e. The minimum atomic E-state index is -3.41. The van der Waals surface area contributed by atoms with E-state index in [0.717, 1.165) is 11.1 Å². The second kappa shape index (κ2) is 8.52. The van der Waals surface area contributed by atoms with Crippen molar-refractivity contribution in [1.29, 1.82) is 0 Å². The molecule has 0 unspecified atom stereocenters. The lowest BCUT2D eigenvalue weighted by atomic mass is 10.0. The Labute approximate surface area is 164 Å². The molecule has 1 aromatic carbocycles. The highest BCUT2D eigenvalue weighted by Gasteiger charge is 2.29. The van der Waals surface area contributed by atoms with Crippen LogP contribution in [0.5, 0.6) is 0 Å². The van der Waals surface area contributed by atoms with Crippen molar-refractivity contribution in [2.75, 3.05) is 32.7 Å². The van der Waals surface area contributed by atoms with Gasteiger partial charge in [0.15, 0.2) is 0 Å². The lowest BCUT2D eigenvalue weighted by Crippen LogP contribution is -2.51. The summed E-state index contributed by atoms with van der Waals surface area (Å²) in [4.78, 5) is 14.4. The molecule has 1 fully saturated rings. The van der Waals surface area contributed by atoms with E-state index in [-0.39, 0.29) is 18.5 Å². The summed E-state index contributed by atoms with van der Waals surface area (Å²) in [6.45, 7) is 6.20. The van der Waals surface area contributed by atoms with Crippen LogP contribution >= 0.6 is 11.3 Å². The third-order valence-corrected chi connectivity index (χ3v) is 8.09. The van der Waals surface area contributed by atoms with Gasteiger partial charge in [-0.3, -0.25) is 9.69 Å². The fraction of sp³-hybridized carbons (Fsp3) is 0.421. The predicted octanol–water partition coefficient (Wildman–Crippen LogP) is 2.24. The van der Waals surface area contributed by atoms with Gasteiger partial charge in [0.2, 0.25) is 5.91 Å². The summed E-state index contributed by atoms with van der Waals surface area (Å²) in [6.07, 6.45) is 0. The lowest BCUT2D eigenvalue weighted by molar-refractivity contribution is -0.123. The van der Waals surface area contributed by atoms with Crippen molar-refractivity contribution in [1.82, 2.24) is 14.5 Å². The van der Waals surface area contributed by atoms with Crippen LogP contribution in [0.2, 0.25) is 0 Å². The Morgan fingerprint density at radius 3 is 2.48 bits per heavy atom. The molecule has 0 spiro atoms. The predicted molar refractivity (Wildman–Crippen MR) is 107 cm³/mol. The van der Waals surface area contributed by atoms with E-state index in [4.69, 9.17) is 0 Å². The van der Waals surface area contributed by atoms with Gasteiger partial charge in [0.05, 0.1) is 12.6 Å². The standard InChI is InChI=1S/C19H25N3O3S2/c1-15-6-3-4-7-17(15)16(2)20-18(23)14-21-9-11-22(12-10-21)27(24,25)19-8-5-13-26-19/h3-8,13,16H,9-12,14H2,1-2H3,(H,20,23)/t16-/m1/s1. The van der Waals surface area contributed by atoms with Gasteiger partial charge in [-0.1, -0.05) is 30.3 Å². The van der Waals surface area contributed by atoms with Crippen LogP contribution in [-0.4, -0.2) is 56.3 Å². The van der Waals surface area contributed by atoms with Gasteiger partial charge in [-0.25, -0.2) is 8.42 Å². The Balaban J connectivity index is 1.50. The summed E-state index contributed by atoms with van der Waals surface area (Å²) in [5.41, 5.74) is 2.26. The molecule has 1 aliphatic heterocycles. The minimum Gasteiger partial charge on any atom is -0.348 e. The molecule has 2 aromatic rings. The number of nitrogens with zero attached hydrogens (tertiary/aromatic N) is 2. The first kappa shape index (κ1) is 20.0. The monoisotopic (exact) mass is 407 g/mol. The first-order valence-electron chi connectivity index (χ1n) is 8.99. The van der Waals surface area contributed by atoms with Gasteiger partial charge in [-0.05, 0) is 36.4 Å². The van der Waals surface area contributed by atoms with E-state index in [9.17, 15) is 13.2 Å². The molecule has 6 nitrogen and oxygen atoms in total. The summed E-state index contributed by atoms with van der Waals surface area (Å²) in [6, 6.07) is 11.3. The van der Waals surface area contributed by atoms with E-state index in [1.54, 1.807) is 17.5 Å². The zero-order chi connectivity index (χ0) is 19.4. The fourth-order valence-electron chi connectivity index (χ4n) is 3.31. The van der Waals surface area contributed by atoms with Gasteiger partial charge in [0.25, 0.3) is 10.0 Å². The number of nitrogens with one attached hydrogen (secondary N) is 1. The number of carbonyl (C=O) groups is 1. The lowest BCUT2D eigenvalue weighted by Gasteiger charge is -2.33. The Hall–Kier alpha value is -1.74. The molecule has 1 saturated heterocycles. The molecule has 1 N–H and O–H groups in total. The molecule has 0 aliphatic carbocycles.